The zero-order valence-corrected chi connectivity index (χ0v) is 17.1. The summed E-state index contributed by atoms with van der Waals surface area (Å²) in [6.45, 7) is 2.47. The molecule has 3 heterocycles. The summed E-state index contributed by atoms with van der Waals surface area (Å²) in [4.78, 5) is 27.4. The van der Waals surface area contributed by atoms with Crippen LogP contribution in [0.2, 0.25) is 0 Å². The number of urea groups is 1. The van der Waals surface area contributed by atoms with E-state index in [1.54, 1.807) is 18.4 Å². The van der Waals surface area contributed by atoms with Gasteiger partial charge in [0.1, 0.15) is 6.54 Å². The first kappa shape index (κ1) is 19.3. The molecule has 1 atom stereocenters. The first-order valence-electron chi connectivity index (χ1n) is 9.38. The topological polar surface area (TPSA) is 83.5 Å². The monoisotopic (exact) mass is 414 g/mol. The van der Waals surface area contributed by atoms with E-state index in [2.05, 4.69) is 10.4 Å². The maximum atomic E-state index is 13.0. The van der Waals surface area contributed by atoms with Gasteiger partial charge in [0, 0.05) is 20.0 Å². The number of nitrogens with one attached hydrogen (secondary N) is 1. The second kappa shape index (κ2) is 8.12. The largest absolute Gasteiger partial charge is 0.454 e. The zero-order chi connectivity index (χ0) is 20.4. The first-order chi connectivity index (χ1) is 14.1. The highest BCUT2D eigenvalue weighted by Crippen LogP contribution is 2.39. The minimum Gasteiger partial charge on any atom is -0.454 e. The number of carbonyl (C=O) groups is 2. The van der Waals surface area contributed by atoms with Crippen molar-refractivity contribution in [2.24, 2.45) is 5.10 Å². The summed E-state index contributed by atoms with van der Waals surface area (Å²) in [5.41, 5.74) is 1.77. The van der Waals surface area contributed by atoms with Gasteiger partial charge >= 0.3 is 6.03 Å². The highest BCUT2D eigenvalue weighted by atomic mass is 32.1. The molecule has 0 saturated heterocycles. The summed E-state index contributed by atoms with van der Waals surface area (Å²) in [5.74, 6) is 1.12. The lowest BCUT2D eigenvalue weighted by Gasteiger charge is -2.25. The van der Waals surface area contributed by atoms with E-state index in [0.29, 0.717) is 24.5 Å². The van der Waals surface area contributed by atoms with Crippen molar-refractivity contribution in [1.82, 2.24) is 15.2 Å². The average molecular weight is 414 g/mol. The predicted octanol–water partition coefficient (Wildman–Crippen LogP) is 2.82. The molecule has 3 amide bonds. The molecule has 2 aliphatic rings. The van der Waals surface area contributed by atoms with Gasteiger partial charge in [0.25, 0.3) is 5.91 Å². The lowest BCUT2D eigenvalue weighted by atomic mass is 10.0. The maximum Gasteiger partial charge on any atom is 0.317 e. The number of benzene rings is 1. The molecule has 2 aromatic rings. The Morgan fingerprint density at radius 3 is 2.90 bits per heavy atom. The lowest BCUT2D eigenvalue weighted by molar-refractivity contribution is -0.133. The summed E-state index contributed by atoms with van der Waals surface area (Å²) in [5, 5.41) is 10.8. The Kier molecular flexibility index (Phi) is 5.39. The number of nitrogens with zero attached hydrogens (tertiary/aromatic N) is 3. The molecule has 1 aromatic heterocycles. The quantitative estimate of drug-likeness (QED) is 0.816. The van der Waals surface area contributed by atoms with Crippen molar-refractivity contribution < 1.29 is 19.1 Å². The van der Waals surface area contributed by atoms with Gasteiger partial charge in [0.05, 0.1) is 16.6 Å². The molecule has 0 aliphatic carbocycles. The SMILES string of the molecule is CCNC(=O)N(C)CC(=O)N1N=C(c2cccs2)C[C@H]1c1ccc2c(c1)OCO2. The number of carbonyl (C=O) groups excluding carboxylic acids is 2. The van der Waals surface area contributed by atoms with Gasteiger partial charge in [-0.25, -0.2) is 9.80 Å². The Labute approximate surface area is 172 Å². The number of hydrogen-bond acceptors (Lipinski definition) is 6. The van der Waals surface area contributed by atoms with Gasteiger partial charge in [-0.2, -0.15) is 5.10 Å². The molecule has 4 rings (SSSR count). The van der Waals surface area contributed by atoms with Gasteiger partial charge in [0.2, 0.25) is 6.79 Å². The van der Waals surface area contributed by atoms with Crippen LogP contribution in [0.15, 0.2) is 40.8 Å². The Hall–Kier alpha value is -3.07. The van der Waals surface area contributed by atoms with Crippen molar-refractivity contribution in [3.63, 3.8) is 0 Å². The van der Waals surface area contributed by atoms with Gasteiger partial charge < -0.3 is 19.7 Å². The van der Waals surface area contributed by atoms with Crippen molar-refractivity contribution in [2.45, 2.75) is 19.4 Å². The number of hydrogen-bond donors (Lipinski definition) is 1. The molecule has 0 unspecified atom stereocenters. The van der Waals surface area contributed by atoms with Crippen LogP contribution in [0.4, 0.5) is 4.79 Å². The van der Waals surface area contributed by atoms with Crippen LogP contribution in [0.1, 0.15) is 29.8 Å². The molecule has 9 heteroatoms. The number of hydrazone groups is 1. The minimum atomic E-state index is -0.290. The molecule has 2 aliphatic heterocycles. The summed E-state index contributed by atoms with van der Waals surface area (Å²) in [7, 11) is 1.60. The van der Waals surface area contributed by atoms with Crippen LogP contribution in [0, 0.1) is 0 Å². The maximum absolute atomic E-state index is 13.0. The standard InChI is InChI=1S/C20H22N4O4S/c1-3-21-20(26)23(2)11-19(25)24-15(10-14(22-24)18-5-4-8-29-18)13-6-7-16-17(9-13)28-12-27-16/h4-9,15H,3,10-12H2,1-2H3,(H,21,26)/t15-/m0/s1. The number of fused-ring (bicyclic) bond motifs is 1. The van der Waals surface area contributed by atoms with E-state index >= 15 is 0 Å². The van der Waals surface area contributed by atoms with E-state index in [-0.39, 0.29) is 31.3 Å². The van der Waals surface area contributed by atoms with E-state index in [4.69, 9.17) is 9.47 Å². The molecule has 152 valence electrons. The summed E-state index contributed by atoms with van der Waals surface area (Å²) in [6, 6.07) is 9.08. The third kappa shape index (κ3) is 3.91. The molecule has 1 N–H and O–H groups in total. The lowest BCUT2D eigenvalue weighted by Crippen LogP contribution is -2.43. The zero-order valence-electron chi connectivity index (χ0n) is 16.3. The highest BCUT2D eigenvalue weighted by molar-refractivity contribution is 7.12. The summed E-state index contributed by atoms with van der Waals surface area (Å²) in [6.07, 6.45) is 0.594. The number of amides is 3. The fraction of sp³-hybridized carbons (Fsp3) is 0.350. The highest BCUT2D eigenvalue weighted by Gasteiger charge is 2.35. The average Bonchev–Trinajstić information content (AvgIpc) is 3.46. The fourth-order valence-electron chi connectivity index (χ4n) is 3.35. The van der Waals surface area contributed by atoms with Crippen LogP contribution in [0.25, 0.3) is 0 Å². The van der Waals surface area contributed by atoms with Crippen LogP contribution >= 0.6 is 11.3 Å². The minimum absolute atomic E-state index is 0.0614. The van der Waals surface area contributed by atoms with Gasteiger partial charge in [-0.05, 0) is 36.1 Å². The molecule has 0 radical (unpaired) electrons. The molecule has 29 heavy (non-hydrogen) atoms. The molecular formula is C20H22N4O4S. The van der Waals surface area contributed by atoms with E-state index in [0.717, 1.165) is 16.2 Å². The smallest absolute Gasteiger partial charge is 0.317 e. The second-order valence-electron chi connectivity index (χ2n) is 6.79. The van der Waals surface area contributed by atoms with Crippen LogP contribution < -0.4 is 14.8 Å². The van der Waals surface area contributed by atoms with Crippen molar-refractivity contribution >= 4 is 29.0 Å². The Balaban J connectivity index is 1.59. The van der Waals surface area contributed by atoms with Crippen molar-refractivity contribution in [3.8, 4) is 11.5 Å². The Morgan fingerprint density at radius 1 is 1.31 bits per heavy atom. The second-order valence-corrected chi connectivity index (χ2v) is 7.73. The molecule has 1 aromatic carbocycles. The van der Waals surface area contributed by atoms with E-state index in [9.17, 15) is 9.59 Å². The number of rotatable bonds is 5. The number of ether oxygens (including phenoxy) is 2. The predicted molar refractivity (Wildman–Crippen MR) is 109 cm³/mol. The molecule has 0 spiro atoms. The van der Waals surface area contributed by atoms with E-state index in [1.165, 1.54) is 9.91 Å². The molecular weight excluding hydrogens is 392 g/mol. The summed E-state index contributed by atoms with van der Waals surface area (Å²) < 4.78 is 10.9. The van der Waals surface area contributed by atoms with Gasteiger partial charge in [-0.1, -0.05) is 12.1 Å². The van der Waals surface area contributed by atoms with Gasteiger partial charge in [-0.15, -0.1) is 11.3 Å². The van der Waals surface area contributed by atoms with Crippen molar-refractivity contribution in [1.29, 1.82) is 0 Å². The van der Waals surface area contributed by atoms with E-state index < -0.39 is 0 Å². The first-order valence-corrected chi connectivity index (χ1v) is 10.3. The molecule has 0 bridgehead atoms. The third-order valence-electron chi connectivity index (χ3n) is 4.80. The van der Waals surface area contributed by atoms with Crippen LogP contribution in [-0.4, -0.2) is 54.5 Å². The molecule has 8 nitrogen and oxygen atoms in total. The normalized spacial score (nSPS) is 17.2. The Bertz CT molecular complexity index is 944. The van der Waals surface area contributed by atoms with Crippen molar-refractivity contribution in [3.05, 3.63) is 46.2 Å². The van der Waals surface area contributed by atoms with Crippen LogP contribution in [0.5, 0.6) is 11.5 Å². The van der Waals surface area contributed by atoms with Crippen molar-refractivity contribution in [2.75, 3.05) is 26.9 Å². The van der Waals surface area contributed by atoms with Crippen LogP contribution in [-0.2, 0) is 4.79 Å². The van der Waals surface area contributed by atoms with Gasteiger partial charge in [-0.3, -0.25) is 4.79 Å². The fourth-order valence-corrected chi connectivity index (χ4v) is 4.07. The molecule has 0 fully saturated rings. The van der Waals surface area contributed by atoms with Gasteiger partial charge in [0.15, 0.2) is 11.5 Å². The number of thiophene rings is 1. The Morgan fingerprint density at radius 2 is 2.14 bits per heavy atom. The van der Waals surface area contributed by atoms with Crippen LogP contribution in [0.3, 0.4) is 0 Å². The number of likely N-dealkylation sites (N-methyl/N-ethyl adjacent to an activating group) is 1. The third-order valence-corrected chi connectivity index (χ3v) is 5.72. The molecule has 0 saturated carbocycles. The van der Waals surface area contributed by atoms with E-state index in [1.807, 2.05) is 42.6 Å². The summed E-state index contributed by atoms with van der Waals surface area (Å²) >= 11 is 1.59.